The normalized spacial score (nSPS) is 25.0. The van der Waals surface area contributed by atoms with Crippen molar-refractivity contribution < 1.29 is 0 Å². The van der Waals surface area contributed by atoms with Gasteiger partial charge in [0.05, 0.1) is 0 Å². The number of hydrogen-bond donors (Lipinski definition) is 1. The summed E-state index contributed by atoms with van der Waals surface area (Å²) in [5, 5.41) is 19.0. The second-order valence-corrected chi connectivity index (χ2v) is 4.86. The van der Waals surface area contributed by atoms with Crippen LogP contribution in [0.25, 0.3) is 5.65 Å². The van der Waals surface area contributed by atoms with Crippen LogP contribution in [0.15, 0.2) is 12.1 Å². The molecular formula is C11H16N6. The third-order valence-corrected chi connectivity index (χ3v) is 3.36. The second kappa shape index (κ2) is 4.27. The molecule has 0 saturated heterocycles. The highest BCUT2D eigenvalue weighted by atomic mass is 15.6. The van der Waals surface area contributed by atoms with Gasteiger partial charge in [0.1, 0.15) is 5.82 Å². The summed E-state index contributed by atoms with van der Waals surface area (Å²) >= 11 is 0. The maximum atomic E-state index is 4.32. The zero-order chi connectivity index (χ0) is 11.7. The number of rotatable bonds is 2. The molecule has 0 aromatic carbocycles. The van der Waals surface area contributed by atoms with E-state index in [9.17, 15) is 0 Å². The van der Waals surface area contributed by atoms with E-state index in [2.05, 4.69) is 32.9 Å². The van der Waals surface area contributed by atoms with E-state index in [-0.39, 0.29) is 0 Å². The summed E-state index contributed by atoms with van der Waals surface area (Å²) in [6.07, 6.45) is 5.08. The number of fused-ring (bicyclic) bond motifs is 1. The minimum Gasteiger partial charge on any atom is -0.366 e. The van der Waals surface area contributed by atoms with E-state index in [1.54, 1.807) is 0 Å². The summed E-state index contributed by atoms with van der Waals surface area (Å²) in [7, 11) is 0. The van der Waals surface area contributed by atoms with Gasteiger partial charge in [0.2, 0.25) is 0 Å². The fourth-order valence-electron chi connectivity index (χ4n) is 2.50. The Morgan fingerprint density at radius 1 is 1.35 bits per heavy atom. The molecule has 0 unspecified atom stereocenters. The summed E-state index contributed by atoms with van der Waals surface area (Å²) in [5.74, 6) is 1.65. The van der Waals surface area contributed by atoms with Crippen molar-refractivity contribution in [2.75, 3.05) is 5.32 Å². The number of aromatic nitrogens is 5. The molecule has 0 radical (unpaired) electrons. The highest BCUT2D eigenvalue weighted by molar-refractivity contribution is 5.42. The van der Waals surface area contributed by atoms with Crippen molar-refractivity contribution in [2.45, 2.75) is 38.6 Å². The quantitative estimate of drug-likeness (QED) is 0.850. The molecule has 2 aromatic heterocycles. The van der Waals surface area contributed by atoms with Gasteiger partial charge in [-0.3, -0.25) is 0 Å². The molecule has 90 valence electrons. The maximum Gasteiger partial charge on any atom is 0.200 e. The predicted octanol–water partition coefficient (Wildman–Crippen LogP) is 1.51. The fraction of sp³-hybridized carbons (Fsp3) is 0.636. The number of hydrogen-bond acceptors (Lipinski definition) is 5. The SMILES string of the molecule is C[C@@H]1CCC[C@H](Nc2ccc3nnnn3n2)C1. The lowest BCUT2D eigenvalue weighted by Gasteiger charge is -2.27. The van der Waals surface area contributed by atoms with E-state index in [1.165, 1.54) is 30.3 Å². The summed E-state index contributed by atoms with van der Waals surface area (Å²) in [5.41, 5.74) is 0.674. The van der Waals surface area contributed by atoms with E-state index < -0.39 is 0 Å². The van der Waals surface area contributed by atoms with Crippen LogP contribution >= 0.6 is 0 Å². The van der Waals surface area contributed by atoms with Crippen LogP contribution in [0.4, 0.5) is 5.82 Å². The molecule has 6 heteroatoms. The van der Waals surface area contributed by atoms with Gasteiger partial charge in [-0.05, 0) is 41.3 Å². The molecule has 0 amide bonds. The largest absolute Gasteiger partial charge is 0.366 e. The second-order valence-electron chi connectivity index (χ2n) is 4.86. The third-order valence-electron chi connectivity index (χ3n) is 3.36. The van der Waals surface area contributed by atoms with Crippen molar-refractivity contribution in [1.29, 1.82) is 0 Å². The monoisotopic (exact) mass is 232 g/mol. The van der Waals surface area contributed by atoms with Crippen LogP contribution in [-0.4, -0.2) is 31.3 Å². The molecule has 0 bridgehead atoms. The molecule has 1 N–H and O–H groups in total. The van der Waals surface area contributed by atoms with Crippen molar-refractivity contribution in [3.05, 3.63) is 12.1 Å². The Hall–Kier alpha value is -1.72. The van der Waals surface area contributed by atoms with Gasteiger partial charge in [-0.15, -0.1) is 14.8 Å². The summed E-state index contributed by atoms with van der Waals surface area (Å²) in [6, 6.07) is 4.34. The van der Waals surface area contributed by atoms with Crippen LogP contribution in [0, 0.1) is 5.92 Å². The summed E-state index contributed by atoms with van der Waals surface area (Å²) in [6.45, 7) is 2.31. The number of nitrogens with one attached hydrogen (secondary N) is 1. The Bertz CT molecular complexity index is 507. The first-order valence-electron chi connectivity index (χ1n) is 6.13. The number of anilines is 1. The van der Waals surface area contributed by atoms with Crippen molar-refractivity contribution in [3.63, 3.8) is 0 Å². The minimum atomic E-state index is 0.528. The standard InChI is InChI=1S/C11H16N6/c1-8-3-2-4-9(7-8)12-10-5-6-11-13-15-16-17(11)14-10/h5-6,8-9H,2-4,7H2,1H3,(H,12,14)/t8-,9+/m1/s1. The molecule has 1 aliphatic rings. The van der Waals surface area contributed by atoms with Gasteiger partial charge in [0.15, 0.2) is 5.65 Å². The molecule has 17 heavy (non-hydrogen) atoms. The summed E-state index contributed by atoms with van der Waals surface area (Å²) in [4.78, 5) is 0. The van der Waals surface area contributed by atoms with Gasteiger partial charge in [0, 0.05) is 6.04 Å². The van der Waals surface area contributed by atoms with Gasteiger partial charge in [-0.25, -0.2) is 0 Å². The minimum absolute atomic E-state index is 0.528. The number of nitrogens with zero attached hydrogens (tertiary/aromatic N) is 5. The van der Waals surface area contributed by atoms with E-state index in [4.69, 9.17) is 0 Å². The van der Waals surface area contributed by atoms with E-state index in [0.29, 0.717) is 11.7 Å². The van der Waals surface area contributed by atoms with Crippen LogP contribution in [0.2, 0.25) is 0 Å². The Morgan fingerprint density at radius 3 is 3.18 bits per heavy atom. The zero-order valence-corrected chi connectivity index (χ0v) is 9.87. The first kappa shape index (κ1) is 10.4. The predicted molar refractivity (Wildman–Crippen MR) is 63.6 cm³/mol. The van der Waals surface area contributed by atoms with Crippen molar-refractivity contribution in [1.82, 2.24) is 25.3 Å². The van der Waals surface area contributed by atoms with Gasteiger partial charge in [0.25, 0.3) is 0 Å². The smallest absolute Gasteiger partial charge is 0.200 e. The molecule has 1 fully saturated rings. The van der Waals surface area contributed by atoms with Gasteiger partial charge in [-0.1, -0.05) is 19.8 Å². The average Bonchev–Trinajstić information content (AvgIpc) is 2.76. The van der Waals surface area contributed by atoms with Crippen molar-refractivity contribution >= 4 is 11.5 Å². The summed E-state index contributed by atoms with van der Waals surface area (Å²) < 4.78 is 1.45. The molecule has 3 rings (SSSR count). The fourth-order valence-corrected chi connectivity index (χ4v) is 2.50. The Labute approximate surface area is 99.4 Å². The van der Waals surface area contributed by atoms with Crippen LogP contribution < -0.4 is 5.32 Å². The van der Waals surface area contributed by atoms with Crippen LogP contribution in [-0.2, 0) is 0 Å². The van der Waals surface area contributed by atoms with Crippen LogP contribution in [0.3, 0.4) is 0 Å². The molecule has 1 saturated carbocycles. The molecule has 2 heterocycles. The molecule has 6 nitrogen and oxygen atoms in total. The molecular weight excluding hydrogens is 216 g/mol. The van der Waals surface area contributed by atoms with Crippen molar-refractivity contribution in [2.24, 2.45) is 5.92 Å². The van der Waals surface area contributed by atoms with Crippen LogP contribution in [0.1, 0.15) is 32.6 Å². The molecule has 0 spiro atoms. The maximum absolute atomic E-state index is 4.32. The molecule has 1 aliphatic carbocycles. The molecule has 0 aliphatic heterocycles. The first-order chi connectivity index (χ1) is 8.31. The Kier molecular flexibility index (Phi) is 2.62. The lowest BCUT2D eigenvalue weighted by Crippen LogP contribution is -2.26. The average molecular weight is 232 g/mol. The lowest BCUT2D eigenvalue weighted by atomic mass is 9.87. The number of tetrazole rings is 1. The van der Waals surface area contributed by atoms with Crippen molar-refractivity contribution in [3.8, 4) is 0 Å². The zero-order valence-electron chi connectivity index (χ0n) is 9.87. The highest BCUT2D eigenvalue weighted by Gasteiger charge is 2.19. The first-order valence-corrected chi connectivity index (χ1v) is 6.13. The third kappa shape index (κ3) is 2.20. The lowest BCUT2D eigenvalue weighted by molar-refractivity contribution is 0.358. The Balaban J connectivity index is 1.75. The van der Waals surface area contributed by atoms with E-state index >= 15 is 0 Å². The van der Waals surface area contributed by atoms with Gasteiger partial charge < -0.3 is 5.32 Å². The van der Waals surface area contributed by atoms with Gasteiger partial charge in [-0.2, -0.15) is 0 Å². The van der Waals surface area contributed by atoms with E-state index in [0.717, 1.165) is 11.7 Å². The molecule has 2 atom stereocenters. The highest BCUT2D eigenvalue weighted by Crippen LogP contribution is 2.25. The molecule has 2 aromatic rings. The topological polar surface area (TPSA) is 68.0 Å². The van der Waals surface area contributed by atoms with Crippen LogP contribution in [0.5, 0.6) is 0 Å². The van der Waals surface area contributed by atoms with Gasteiger partial charge >= 0.3 is 0 Å². The van der Waals surface area contributed by atoms with E-state index in [1.807, 2.05) is 12.1 Å². The Morgan fingerprint density at radius 2 is 2.29 bits per heavy atom.